The number of aromatic nitrogens is 3. The van der Waals surface area contributed by atoms with Gasteiger partial charge < -0.3 is 10.1 Å². The first-order chi connectivity index (χ1) is 9.56. The minimum absolute atomic E-state index is 0.0329. The minimum atomic E-state index is -0.203. The molecule has 0 unspecified atom stereocenters. The van der Waals surface area contributed by atoms with E-state index in [9.17, 15) is 4.79 Å². The van der Waals surface area contributed by atoms with Crippen molar-refractivity contribution >= 4 is 11.9 Å². The number of amides is 1. The van der Waals surface area contributed by atoms with Crippen molar-refractivity contribution in [2.75, 3.05) is 25.0 Å². The van der Waals surface area contributed by atoms with Gasteiger partial charge in [0.2, 0.25) is 5.95 Å². The van der Waals surface area contributed by atoms with E-state index in [4.69, 9.17) is 4.74 Å². The second-order valence-electron chi connectivity index (χ2n) is 5.35. The Kier molecular flexibility index (Phi) is 5.08. The molecule has 1 aliphatic heterocycles. The van der Waals surface area contributed by atoms with Gasteiger partial charge in [0, 0.05) is 13.0 Å². The minimum Gasteiger partial charge on any atom is -0.369 e. The van der Waals surface area contributed by atoms with Gasteiger partial charge in [-0.05, 0) is 39.8 Å². The molecule has 20 heavy (non-hydrogen) atoms. The highest BCUT2D eigenvalue weighted by Crippen LogP contribution is 2.23. The maximum atomic E-state index is 11.7. The predicted molar refractivity (Wildman–Crippen MR) is 75.6 cm³/mol. The fourth-order valence-electron chi connectivity index (χ4n) is 2.17. The highest BCUT2D eigenvalue weighted by Gasteiger charge is 2.21. The molecule has 7 heteroatoms. The number of rotatable bonds is 5. The molecule has 0 atom stereocenters. The molecule has 2 N–H and O–H groups in total. The molecular formula is C13H23N5O2. The van der Waals surface area contributed by atoms with E-state index in [-0.39, 0.29) is 18.6 Å². The van der Waals surface area contributed by atoms with Crippen molar-refractivity contribution in [2.45, 2.75) is 38.7 Å². The van der Waals surface area contributed by atoms with Crippen molar-refractivity contribution in [2.24, 2.45) is 7.05 Å². The van der Waals surface area contributed by atoms with Crippen LogP contribution in [0.5, 0.6) is 0 Å². The van der Waals surface area contributed by atoms with Gasteiger partial charge in [0.25, 0.3) is 5.91 Å². The van der Waals surface area contributed by atoms with Crippen LogP contribution in [0.1, 0.15) is 38.4 Å². The molecule has 7 nitrogen and oxygen atoms in total. The molecule has 0 spiro atoms. The summed E-state index contributed by atoms with van der Waals surface area (Å²) in [6, 6.07) is 0. The van der Waals surface area contributed by atoms with Crippen molar-refractivity contribution in [3.05, 3.63) is 5.82 Å². The second kappa shape index (κ2) is 6.81. The molecule has 0 aromatic carbocycles. The third-order valence-corrected chi connectivity index (χ3v) is 3.28. The van der Waals surface area contributed by atoms with E-state index in [2.05, 4.69) is 20.7 Å². The average Bonchev–Trinajstić information content (AvgIpc) is 2.79. The fraction of sp³-hybridized carbons (Fsp3) is 0.769. The van der Waals surface area contributed by atoms with Gasteiger partial charge in [-0.25, -0.2) is 4.68 Å². The van der Waals surface area contributed by atoms with Crippen LogP contribution in [0.25, 0.3) is 0 Å². The lowest BCUT2D eigenvalue weighted by Crippen LogP contribution is -2.27. The van der Waals surface area contributed by atoms with Crippen molar-refractivity contribution in [3.63, 3.8) is 0 Å². The van der Waals surface area contributed by atoms with Crippen LogP contribution < -0.4 is 10.6 Å². The monoisotopic (exact) mass is 281 g/mol. The Labute approximate surface area is 119 Å². The van der Waals surface area contributed by atoms with Gasteiger partial charge in [-0.15, -0.1) is 0 Å². The second-order valence-corrected chi connectivity index (χ2v) is 5.35. The Morgan fingerprint density at radius 2 is 2.20 bits per heavy atom. The van der Waals surface area contributed by atoms with Crippen molar-refractivity contribution in [3.8, 4) is 0 Å². The highest BCUT2D eigenvalue weighted by molar-refractivity contribution is 5.90. The molecule has 1 aliphatic rings. The third-order valence-electron chi connectivity index (χ3n) is 3.28. The molecule has 0 aliphatic carbocycles. The van der Waals surface area contributed by atoms with Gasteiger partial charge in [-0.1, -0.05) is 0 Å². The van der Waals surface area contributed by atoms with Gasteiger partial charge in [0.05, 0.1) is 6.10 Å². The summed E-state index contributed by atoms with van der Waals surface area (Å²) in [5.41, 5.74) is 0. The van der Waals surface area contributed by atoms with Crippen LogP contribution in [0.3, 0.4) is 0 Å². The van der Waals surface area contributed by atoms with Crippen LogP contribution in [0.2, 0.25) is 0 Å². The summed E-state index contributed by atoms with van der Waals surface area (Å²) in [7, 11) is 1.79. The van der Waals surface area contributed by atoms with E-state index >= 15 is 0 Å². The Morgan fingerprint density at radius 1 is 1.50 bits per heavy atom. The van der Waals surface area contributed by atoms with E-state index < -0.39 is 0 Å². The molecular weight excluding hydrogens is 258 g/mol. The topological polar surface area (TPSA) is 81.1 Å². The summed E-state index contributed by atoms with van der Waals surface area (Å²) in [5, 5.41) is 10.5. The van der Waals surface area contributed by atoms with Crippen LogP contribution in [0.4, 0.5) is 5.95 Å². The molecule has 112 valence electrons. The van der Waals surface area contributed by atoms with Crippen LogP contribution in [0.15, 0.2) is 0 Å². The summed E-state index contributed by atoms with van der Waals surface area (Å²) in [6.07, 6.45) is 2.10. The van der Waals surface area contributed by atoms with E-state index in [1.165, 1.54) is 0 Å². The molecule has 1 aromatic rings. The van der Waals surface area contributed by atoms with Crippen molar-refractivity contribution < 1.29 is 9.53 Å². The molecule has 1 amide bonds. The smallest absolute Gasteiger partial charge is 0.252 e. The van der Waals surface area contributed by atoms with Crippen LogP contribution in [-0.2, 0) is 16.6 Å². The Bertz CT molecular complexity index is 452. The zero-order chi connectivity index (χ0) is 14.5. The maximum absolute atomic E-state index is 11.7. The first-order valence-electron chi connectivity index (χ1n) is 7.09. The zero-order valence-corrected chi connectivity index (χ0v) is 12.3. The fourth-order valence-corrected chi connectivity index (χ4v) is 2.17. The summed E-state index contributed by atoms with van der Waals surface area (Å²) in [4.78, 5) is 16.2. The zero-order valence-electron chi connectivity index (χ0n) is 12.3. The average molecular weight is 281 g/mol. The number of hydrogen-bond acceptors (Lipinski definition) is 5. The van der Waals surface area contributed by atoms with Crippen LogP contribution in [0, 0.1) is 0 Å². The molecule has 0 bridgehead atoms. The van der Waals surface area contributed by atoms with Crippen molar-refractivity contribution in [1.29, 1.82) is 0 Å². The summed E-state index contributed by atoms with van der Waals surface area (Å²) < 4.78 is 6.88. The number of carbonyl (C=O) groups excluding carboxylic acids is 1. The number of anilines is 1. The number of nitrogens with one attached hydrogen (secondary N) is 2. The van der Waals surface area contributed by atoms with E-state index in [1.54, 1.807) is 11.7 Å². The van der Waals surface area contributed by atoms with E-state index in [1.807, 2.05) is 13.8 Å². The maximum Gasteiger partial charge on any atom is 0.252 e. The summed E-state index contributed by atoms with van der Waals surface area (Å²) >= 11 is 0. The largest absolute Gasteiger partial charge is 0.369 e. The molecule has 0 saturated carbocycles. The first kappa shape index (κ1) is 14.9. The van der Waals surface area contributed by atoms with Crippen LogP contribution in [-0.4, -0.2) is 46.5 Å². The Balaban J connectivity index is 1.94. The molecule has 1 saturated heterocycles. The molecule has 1 fully saturated rings. The molecule has 0 radical (unpaired) electrons. The molecule has 1 aromatic heterocycles. The lowest BCUT2D eigenvalue weighted by atomic mass is 9.98. The quantitative estimate of drug-likeness (QED) is 0.828. The highest BCUT2D eigenvalue weighted by atomic mass is 16.5. The third kappa shape index (κ3) is 4.01. The lowest BCUT2D eigenvalue weighted by Gasteiger charge is -2.19. The van der Waals surface area contributed by atoms with Gasteiger partial charge in [0.15, 0.2) is 5.82 Å². The Morgan fingerprint density at radius 3 is 2.85 bits per heavy atom. The van der Waals surface area contributed by atoms with Crippen LogP contribution >= 0.6 is 0 Å². The van der Waals surface area contributed by atoms with E-state index in [0.717, 1.165) is 31.8 Å². The molecule has 2 rings (SSSR count). The summed E-state index contributed by atoms with van der Waals surface area (Å²) in [6.45, 7) is 5.81. The normalized spacial score (nSPS) is 16.6. The summed E-state index contributed by atoms with van der Waals surface area (Å²) in [5.74, 6) is 1.47. The van der Waals surface area contributed by atoms with E-state index in [0.29, 0.717) is 11.9 Å². The number of aryl methyl sites for hydroxylation is 1. The number of piperidine rings is 1. The Hall–Kier alpha value is -1.47. The number of ether oxygens (including phenoxy) is 1. The van der Waals surface area contributed by atoms with Gasteiger partial charge in [0.1, 0.15) is 6.61 Å². The van der Waals surface area contributed by atoms with Crippen molar-refractivity contribution in [1.82, 2.24) is 20.1 Å². The lowest BCUT2D eigenvalue weighted by molar-refractivity contribution is -0.122. The number of carbonyl (C=O) groups is 1. The molecule has 2 heterocycles. The number of nitrogens with zero attached hydrogens (tertiary/aromatic N) is 3. The van der Waals surface area contributed by atoms with Gasteiger partial charge >= 0.3 is 0 Å². The SMILES string of the molecule is CC(C)OCC(=O)Nc1nc(C2CCNCC2)nn1C. The predicted octanol–water partition coefficient (Wildman–Crippen LogP) is 0.646. The first-order valence-corrected chi connectivity index (χ1v) is 7.09. The number of hydrogen-bond donors (Lipinski definition) is 2. The standard InChI is InChI=1S/C13H23N5O2/c1-9(2)20-8-11(19)15-13-16-12(17-18(13)3)10-4-6-14-7-5-10/h9-10,14H,4-8H2,1-3H3,(H,15,16,17,19). The van der Waals surface area contributed by atoms with Gasteiger partial charge in [-0.3, -0.25) is 10.1 Å². The van der Waals surface area contributed by atoms with Gasteiger partial charge in [-0.2, -0.15) is 10.1 Å².